The van der Waals surface area contributed by atoms with E-state index < -0.39 is 0 Å². The third kappa shape index (κ3) is 1.48. The van der Waals surface area contributed by atoms with E-state index in [4.69, 9.17) is 11.6 Å². The molecule has 0 unspecified atom stereocenters. The second kappa shape index (κ2) is 3.70. The molecule has 4 nitrogen and oxygen atoms in total. The standard InChI is InChI=1S/C11H13ClN4/c1-7-2-3-9-8(4-7)5-10-13-14-11(6-12)16(10)15-9/h5,7H,2-4,6H2,1H3/t7-/m1/s1. The largest absolute Gasteiger partial charge is 0.196 e. The fourth-order valence-corrected chi connectivity index (χ4v) is 2.45. The van der Waals surface area contributed by atoms with Gasteiger partial charge in [-0.15, -0.1) is 21.8 Å². The fraction of sp³-hybridized carbons (Fsp3) is 0.545. The zero-order valence-electron chi connectivity index (χ0n) is 9.15. The number of rotatable bonds is 1. The first-order valence-corrected chi connectivity index (χ1v) is 6.10. The minimum absolute atomic E-state index is 0.351. The van der Waals surface area contributed by atoms with Gasteiger partial charge in [-0.1, -0.05) is 6.92 Å². The number of hydrogen-bond acceptors (Lipinski definition) is 3. The molecule has 1 atom stereocenters. The lowest BCUT2D eigenvalue weighted by molar-refractivity contribution is 0.488. The highest BCUT2D eigenvalue weighted by Gasteiger charge is 2.18. The molecule has 2 aromatic rings. The van der Waals surface area contributed by atoms with Crippen LogP contribution in [0.25, 0.3) is 5.65 Å². The Bertz CT molecular complexity index is 534. The maximum absolute atomic E-state index is 5.79. The van der Waals surface area contributed by atoms with Crippen molar-refractivity contribution in [2.24, 2.45) is 5.92 Å². The van der Waals surface area contributed by atoms with Gasteiger partial charge < -0.3 is 0 Å². The number of aryl methyl sites for hydroxylation is 1. The number of fused-ring (bicyclic) bond motifs is 2. The average Bonchev–Trinajstić information content (AvgIpc) is 2.68. The van der Waals surface area contributed by atoms with E-state index in [0.717, 1.165) is 30.2 Å². The van der Waals surface area contributed by atoms with E-state index in [0.29, 0.717) is 5.88 Å². The Morgan fingerprint density at radius 2 is 2.38 bits per heavy atom. The van der Waals surface area contributed by atoms with E-state index in [1.165, 1.54) is 17.7 Å². The summed E-state index contributed by atoms with van der Waals surface area (Å²) in [6.45, 7) is 2.28. The van der Waals surface area contributed by atoms with E-state index in [-0.39, 0.29) is 0 Å². The fourth-order valence-electron chi connectivity index (χ4n) is 2.28. The van der Waals surface area contributed by atoms with Crippen molar-refractivity contribution in [2.45, 2.75) is 32.1 Å². The third-order valence-electron chi connectivity index (χ3n) is 3.19. The molecule has 2 heterocycles. The van der Waals surface area contributed by atoms with Gasteiger partial charge in [0.1, 0.15) is 0 Å². The Morgan fingerprint density at radius 1 is 1.50 bits per heavy atom. The normalized spacial score (nSPS) is 20.0. The first-order chi connectivity index (χ1) is 7.78. The Morgan fingerprint density at radius 3 is 3.19 bits per heavy atom. The Labute approximate surface area is 98.6 Å². The molecular formula is C11H13ClN4. The van der Waals surface area contributed by atoms with Crippen molar-refractivity contribution in [1.29, 1.82) is 0 Å². The van der Waals surface area contributed by atoms with Crippen LogP contribution in [0, 0.1) is 5.92 Å². The van der Waals surface area contributed by atoms with Gasteiger partial charge in [0.05, 0.1) is 11.6 Å². The van der Waals surface area contributed by atoms with E-state index in [1.54, 1.807) is 4.52 Å². The quantitative estimate of drug-likeness (QED) is 0.712. The number of hydrogen-bond donors (Lipinski definition) is 0. The SMILES string of the molecule is C[C@@H]1CCc2nn3c(CCl)nnc3cc2C1. The summed E-state index contributed by atoms with van der Waals surface area (Å²) in [4.78, 5) is 0. The minimum atomic E-state index is 0.351. The van der Waals surface area contributed by atoms with Crippen molar-refractivity contribution >= 4 is 17.2 Å². The van der Waals surface area contributed by atoms with Crippen molar-refractivity contribution in [3.63, 3.8) is 0 Å². The predicted octanol–water partition coefficient (Wildman–Crippen LogP) is 1.99. The second-order valence-electron chi connectivity index (χ2n) is 4.48. The predicted molar refractivity (Wildman–Crippen MR) is 61.5 cm³/mol. The minimum Gasteiger partial charge on any atom is -0.196 e. The van der Waals surface area contributed by atoms with Crippen LogP contribution in [0.4, 0.5) is 0 Å². The maximum atomic E-state index is 5.79. The Hall–Kier alpha value is -1.16. The van der Waals surface area contributed by atoms with Gasteiger partial charge in [0.15, 0.2) is 11.5 Å². The summed E-state index contributed by atoms with van der Waals surface area (Å²) >= 11 is 5.79. The molecule has 0 spiro atoms. The van der Waals surface area contributed by atoms with Gasteiger partial charge in [0.25, 0.3) is 0 Å². The van der Waals surface area contributed by atoms with Crippen LogP contribution < -0.4 is 0 Å². The number of halogens is 1. The van der Waals surface area contributed by atoms with Crippen molar-refractivity contribution in [3.05, 3.63) is 23.1 Å². The molecule has 0 aromatic carbocycles. The molecule has 0 fully saturated rings. The number of aromatic nitrogens is 4. The van der Waals surface area contributed by atoms with Crippen molar-refractivity contribution < 1.29 is 0 Å². The van der Waals surface area contributed by atoms with Crippen molar-refractivity contribution in [1.82, 2.24) is 19.8 Å². The second-order valence-corrected chi connectivity index (χ2v) is 4.75. The van der Waals surface area contributed by atoms with Gasteiger partial charge >= 0.3 is 0 Å². The lowest BCUT2D eigenvalue weighted by atomic mass is 9.88. The molecule has 0 aliphatic heterocycles. The molecular weight excluding hydrogens is 224 g/mol. The topological polar surface area (TPSA) is 43.1 Å². The lowest BCUT2D eigenvalue weighted by Gasteiger charge is -2.20. The summed E-state index contributed by atoms with van der Waals surface area (Å²) in [6.07, 6.45) is 3.36. The molecule has 0 radical (unpaired) electrons. The first kappa shape index (κ1) is 10.0. The summed E-state index contributed by atoms with van der Waals surface area (Å²) in [5.74, 6) is 1.81. The summed E-state index contributed by atoms with van der Waals surface area (Å²) in [5.41, 5.74) is 3.31. The van der Waals surface area contributed by atoms with Crippen LogP contribution in [0.2, 0.25) is 0 Å². The van der Waals surface area contributed by atoms with Gasteiger partial charge in [0.2, 0.25) is 0 Å². The maximum Gasteiger partial charge on any atom is 0.178 e. The monoisotopic (exact) mass is 236 g/mol. The van der Waals surface area contributed by atoms with Crippen LogP contribution in [0.5, 0.6) is 0 Å². The summed E-state index contributed by atoms with van der Waals surface area (Å²) in [7, 11) is 0. The van der Waals surface area contributed by atoms with E-state index >= 15 is 0 Å². The van der Waals surface area contributed by atoms with Gasteiger partial charge in [0, 0.05) is 0 Å². The van der Waals surface area contributed by atoms with Crippen molar-refractivity contribution in [3.8, 4) is 0 Å². The summed E-state index contributed by atoms with van der Waals surface area (Å²) in [5, 5.41) is 12.7. The van der Waals surface area contributed by atoms with Crippen LogP contribution in [-0.4, -0.2) is 19.8 Å². The lowest BCUT2D eigenvalue weighted by Crippen LogP contribution is -2.15. The highest BCUT2D eigenvalue weighted by Crippen LogP contribution is 2.24. The number of alkyl halides is 1. The van der Waals surface area contributed by atoms with Crippen LogP contribution in [0.1, 0.15) is 30.4 Å². The van der Waals surface area contributed by atoms with E-state index in [1.807, 2.05) is 0 Å². The molecule has 3 rings (SSSR count). The molecule has 2 aromatic heterocycles. The molecule has 0 saturated carbocycles. The molecule has 16 heavy (non-hydrogen) atoms. The van der Waals surface area contributed by atoms with Crippen LogP contribution in [-0.2, 0) is 18.7 Å². The van der Waals surface area contributed by atoms with Crippen LogP contribution in [0.15, 0.2) is 6.07 Å². The van der Waals surface area contributed by atoms with Gasteiger partial charge in [-0.3, -0.25) is 0 Å². The average molecular weight is 237 g/mol. The summed E-state index contributed by atoms with van der Waals surface area (Å²) in [6, 6.07) is 2.10. The molecule has 0 bridgehead atoms. The highest BCUT2D eigenvalue weighted by atomic mass is 35.5. The third-order valence-corrected chi connectivity index (χ3v) is 3.42. The van der Waals surface area contributed by atoms with Crippen molar-refractivity contribution in [2.75, 3.05) is 0 Å². The van der Waals surface area contributed by atoms with Gasteiger partial charge in [-0.25, -0.2) is 0 Å². The highest BCUT2D eigenvalue weighted by molar-refractivity contribution is 6.16. The van der Waals surface area contributed by atoms with Crippen LogP contribution in [0.3, 0.4) is 0 Å². The molecule has 1 aliphatic carbocycles. The zero-order chi connectivity index (χ0) is 11.1. The van der Waals surface area contributed by atoms with Gasteiger partial charge in [-0.05, 0) is 36.8 Å². The molecule has 0 saturated heterocycles. The molecule has 1 aliphatic rings. The molecule has 5 heteroatoms. The van der Waals surface area contributed by atoms with E-state index in [9.17, 15) is 0 Å². The molecule has 0 amide bonds. The number of nitrogens with zero attached hydrogens (tertiary/aromatic N) is 4. The first-order valence-electron chi connectivity index (χ1n) is 5.57. The van der Waals surface area contributed by atoms with Crippen LogP contribution >= 0.6 is 11.6 Å². The smallest absolute Gasteiger partial charge is 0.178 e. The summed E-state index contributed by atoms with van der Waals surface area (Å²) < 4.78 is 1.77. The van der Waals surface area contributed by atoms with Gasteiger partial charge in [-0.2, -0.15) is 9.61 Å². The molecule has 0 N–H and O–H groups in total. The van der Waals surface area contributed by atoms with E-state index in [2.05, 4.69) is 28.3 Å². The molecule has 84 valence electrons. The zero-order valence-corrected chi connectivity index (χ0v) is 9.91. The Balaban J connectivity index is 2.17. The Kier molecular flexibility index (Phi) is 2.32.